The maximum absolute atomic E-state index is 8.25. The van der Waals surface area contributed by atoms with E-state index in [1.165, 1.54) is 0 Å². The van der Waals surface area contributed by atoms with Gasteiger partial charge < -0.3 is 31.8 Å². The zero-order valence-electron chi connectivity index (χ0n) is 3.47. The molecule has 0 spiro atoms. The van der Waals surface area contributed by atoms with Gasteiger partial charge in [0.25, 0.3) is 0 Å². The van der Waals surface area contributed by atoms with Crippen LogP contribution in [0.5, 0.6) is 0 Å². The van der Waals surface area contributed by atoms with Crippen LogP contribution in [0.2, 0.25) is 0 Å². The molecule has 0 amide bonds. The second-order valence-electron chi connectivity index (χ2n) is 0.224. The summed E-state index contributed by atoms with van der Waals surface area (Å²) in [7, 11) is 0. The molecule has 64 valence electrons. The van der Waals surface area contributed by atoms with Gasteiger partial charge in [0.1, 0.15) is 0 Å². The summed E-state index contributed by atoms with van der Waals surface area (Å²) in [5.74, 6) is 0. The van der Waals surface area contributed by atoms with Gasteiger partial charge in [-0.3, -0.25) is 0 Å². The Morgan fingerprint density at radius 2 is 1.00 bits per heavy atom. The van der Waals surface area contributed by atoms with Crippen LogP contribution in [0.15, 0.2) is 0 Å². The minimum absolute atomic E-state index is 0. The Bertz CT molecular complexity index is 36.0. The molecule has 9 heteroatoms. The van der Waals surface area contributed by atoms with Gasteiger partial charge in [-0.2, -0.15) is 0 Å². The molecule has 0 aromatic rings. The standard InChI is InChI=1S/Al.Cu.NO3.3H2O.3H/c;;2-1(3)4;;;;;;/h;;;3*1H2;;;/q;+1;-1;;;;;;. The molecule has 0 heterocycles. The van der Waals surface area contributed by atoms with Gasteiger partial charge >= 0.3 is 17.1 Å². The summed E-state index contributed by atoms with van der Waals surface area (Å²) >= 11 is 0. The van der Waals surface area contributed by atoms with Gasteiger partial charge in [0.05, 0.1) is 5.09 Å². The predicted molar refractivity (Wildman–Crippen MR) is 31.1 cm³/mol. The molecule has 0 atom stereocenters. The van der Waals surface area contributed by atoms with Crippen LogP contribution in [0, 0.1) is 15.3 Å². The van der Waals surface area contributed by atoms with Gasteiger partial charge in [-0.25, -0.2) is 0 Å². The van der Waals surface area contributed by atoms with E-state index in [0.717, 1.165) is 0 Å². The fourth-order valence-electron chi connectivity index (χ4n) is 0. The van der Waals surface area contributed by atoms with Crippen molar-refractivity contribution in [3.63, 3.8) is 0 Å². The summed E-state index contributed by atoms with van der Waals surface area (Å²) in [6.07, 6.45) is 0. The SMILES string of the molecule is O.O.O.O=[N+]([O-])[O-].[AlH3].[Cu+]. The number of rotatable bonds is 0. The first-order valence-electron chi connectivity index (χ1n) is 0.548. The summed E-state index contributed by atoms with van der Waals surface area (Å²) < 4.78 is 0. The Labute approximate surface area is 71.7 Å². The molecule has 0 fully saturated rings. The average molecular weight is 210 g/mol. The van der Waals surface area contributed by atoms with Crippen LogP contribution in [0.3, 0.4) is 0 Å². The summed E-state index contributed by atoms with van der Waals surface area (Å²) in [6.45, 7) is 0. The monoisotopic (exact) mass is 209 g/mol. The molecule has 0 aromatic heterocycles. The van der Waals surface area contributed by atoms with E-state index in [2.05, 4.69) is 0 Å². The van der Waals surface area contributed by atoms with E-state index in [4.69, 9.17) is 15.3 Å². The van der Waals surface area contributed by atoms with Crippen molar-refractivity contribution >= 4 is 17.4 Å². The van der Waals surface area contributed by atoms with Crippen molar-refractivity contribution in [3.8, 4) is 0 Å². The number of hydrogen-bond donors (Lipinski definition) is 0. The van der Waals surface area contributed by atoms with Crippen molar-refractivity contribution in [2.75, 3.05) is 0 Å². The molecular formula is H9AlCuNO6. The van der Waals surface area contributed by atoms with Gasteiger partial charge in [-0.05, 0) is 0 Å². The summed E-state index contributed by atoms with van der Waals surface area (Å²) in [5, 5.41) is 14.8. The Morgan fingerprint density at radius 3 is 1.00 bits per heavy atom. The summed E-state index contributed by atoms with van der Waals surface area (Å²) in [4.78, 5) is 8.25. The molecule has 0 saturated heterocycles. The van der Waals surface area contributed by atoms with E-state index < -0.39 is 5.09 Å². The van der Waals surface area contributed by atoms with Crippen LogP contribution in [-0.2, 0) is 17.1 Å². The Morgan fingerprint density at radius 1 is 1.00 bits per heavy atom. The van der Waals surface area contributed by atoms with Gasteiger partial charge in [-0.15, -0.1) is 0 Å². The van der Waals surface area contributed by atoms with Crippen LogP contribution in [0.1, 0.15) is 0 Å². The molecule has 0 aliphatic heterocycles. The summed E-state index contributed by atoms with van der Waals surface area (Å²) in [5.41, 5.74) is 0. The normalized spacial score (nSPS) is 2.67. The van der Waals surface area contributed by atoms with Gasteiger partial charge in [0, 0.05) is 0 Å². The number of hydrogen-bond acceptors (Lipinski definition) is 3. The maximum atomic E-state index is 8.25. The van der Waals surface area contributed by atoms with Crippen LogP contribution in [-0.4, -0.2) is 38.9 Å². The zero-order chi connectivity index (χ0) is 3.58. The molecule has 7 nitrogen and oxygen atoms in total. The third kappa shape index (κ3) is 17600. The van der Waals surface area contributed by atoms with E-state index in [0.29, 0.717) is 0 Å². The quantitative estimate of drug-likeness (QED) is 0.227. The molecule has 0 aliphatic carbocycles. The molecular weight excluding hydrogens is 201 g/mol. The first-order chi connectivity index (χ1) is 1.73. The number of nitrogens with zero attached hydrogens (tertiary/aromatic N) is 1. The molecule has 0 rings (SSSR count). The third-order valence-electron chi connectivity index (χ3n) is 0. The fraction of sp³-hybridized carbons (Fsp3) is 0. The first kappa shape index (κ1) is 61.6. The molecule has 0 aliphatic rings. The first-order valence-corrected chi connectivity index (χ1v) is 0.548. The molecule has 9 heavy (non-hydrogen) atoms. The van der Waals surface area contributed by atoms with Crippen molar-refractivity contribution in [1.82, 2.24) is 0 Å². The van der Waals surface area contributed by atoms with Crippen LogP contribution >= 0.6 is 0 Å². The van der Waals surface area contributed by atoms with Gasteiger partial charge in [0.15, 0.2) is 17.4 Å². The van der Waals surface area contributed by atoms with E-state index in [9.17, 15) is 0 Å². The van der Waals surface area contributed by atoms with Crippen LogP contribution in [0.4, 0.5) is 0 Å². The maximum Gasteiger partial charge on any atom is 1.00 e. The van der Waals surface area contributed by atoms with E-state index in [1.807, 2.05) is 0 Å². The average Bonchev–Trinajstić information content (AvgIpc) is 0.811. The van der Waals surface area contributed by atoms with Crippen LogP contribution in [0.25, 0.3) is 0 Å². The van der Waals surface area contributed by atoms with Crippen molar-refractivity contribution < 1.29 is 38.6 Å². The Kier molecular flexibility index (Phi) is 288. The smallest absolute Gasteiger partial charge is 0.412 e. The van der Waals surface area contributed by atoms with Crippen molar-refractivity contribution in [3.05, 3.63) is 15.3 Å². The minimum atomic E-state index is -1.75. The predicted octanol–water partition coefficient (Wildman–Crippen LogP) is -3.90. The molecule has 0 saturated carbocycles. The second-order valence-corrected chi connectivity index (χ2v) is 0.224. The Hall–Kier alpha value is 0.132. The molecule has 0 aromatic carbocycles. The van der Waals surface area contributed by atoms with Crippen molar-refractivity contribution in [1.29, 1.82) is 0 Å². The minimum Gasteiger partial charge on any atom is -0.412 e. The molecule has 0 bridgehead atoms. The largest absolute Gasteiger partial charge is 1.00 e. The Balaban J connectivity index is -0.00000000450. The second kappa shape index (κ2) is 42.2. The fourth-order valence-corrected chi connectivity index (χ4v) is 0. The van der Waals surface area contributed by atoms with Crippen molar-refractivity contribution in [2.45, 2.75) is 0 Å². The van der Waals surface area contributed by atoms with E-state index in [-0.39, 0.29) is 50.9 Å². The van der Waals surface area contributed by atoms with E-state index in [1.54, 1.807) is 0 Å². The molecule has 6 N–H and O–H groups in total. The van der Waals surface area contributed by atoms with Crippen molar-refractivity contribution in [2.24, 2.45) is 0 Å². The summed E-state index contributed by atoms with van der Waals surface area (Å²) in [6, 6.07) is 0. The molecule has 0 unspecified atom stereocenters. The van der Waals surface area contributed by atoms with Crippen LogP contribution < -0.4 is 0 Å². The topological polar surface area (TPSA) is 161 Å². The van der Waals surface area contributed by atoms with Gasteiger partial charge in [0.2, 0.25) is 0 Å². The third-order valence-corrected chi connectivity index (χ3v) is 0. The van der Waals surface area contributed by atoms with E-state index >= 15 is 0 Å². The van der Waals surface area contributed by atoms with Gasteiger partial charge in [-0.1, -0.05) is 0 Å². The molecule has 0 radical (unpaired) electrons. The zero-order valence-corrected chi connectivity index (χ0v) is 4.42.